The van der Waals surface area contributed by atoms with Crippen LogP contribution < -0.4 is 11.5 Å². The van der Waals surface area contributed by atoms with Gasteiger partial charge >= 0.3 is 0 Å². The van der Waals surface area contributed by atoms with E-state index in [-0.39, 0.29) is 103 Å². The van der Waals surface area contributed by atoms with Crippen LogP contribution in [-0.2, 0) is 0 Å². The van der Waals surface area contributed by atoms with Gasteiger partial charge in [-0.05, 0) is 343 Å². The Morgan fingerprint density at radius 2 is 0.347 bits per heavy atom. The van der Waals surface area contributed by atoms with Crippen molar-refractivity contribution in [1.82, 2.24) is 49.0 Å². The monoisotopic (exact) mass is 2160 g/mol. The summed E-state index contributed by atoms with van der Waals surface area (Å²) >= 11 is 0. The van der Waals surface area contributed by atoms with Crippen molar-refractivity contribution >= 4 is 0 Å². The molecule has 20 atom stereocenters. The van der Waals surface area contributed by atoms with Crippen LogP contribution in [0.1, 0.15) is 405 Å². The highest BCUT2D eigenvalue weighted by Crippen LogP contribution is 2.25. The van der Waals surface area contributed by atoms with E-state index in [1.165, 1.54) is 0 Å². The number of hydrogen-bond donors (Lipinski definition) is 22. The van der Waals surface area contributed by atoms with Gasteiger partial charge in [-0.15, -0.1) is 0 Å². The molecule has 0 saturated heterocycles. The molecule has 20 unspecified atom stereocenters. The smallest absolute Gasteiger partial charge is 0.107 e. The van der Waals surface area contributed by atoms with E-state index >= 15 is 0 Å². The van der Waals surface area contributed by atoms with Gasteiger partial charge in [-0.2, -0.15) is 0 Å². The summed E-state index contributed by atoms with van der Waals surface area (Å²) < 4.78 is 0. The zero-order valence-electron chi connectivity index (χ0n) is 101. The lowest BCUT2D eigenvalue weighted by atomic mass is 10.00. The third-order valence-electron chi connectivity index (χ3n) is 29.0. The van der Waals surface area contributed by atoms with Crippen LogP contribution in [0, 0.1) is 35.5 Å². The van der Waals surface area contributed by atoms with Crippen LogP contribution in [-0.4, -0.2) is 473 Å². The quantitative estimate of drug-likeness (QED) is 0.0252. The number of hydrogen-bond acceptors (Lipinski definition) is 32. The van der Waals surface area contributed by atoms with Crippen molar-refractivity contribution in [3.05, 3.63) is 0 Å². The van der Waals surface area contributed by atoms with Crippen LogP contribution in [0.15, 0.2) is 0 Å². The van der Waals surface area contributed by atoms with E-state index in [4.69, 9.17) is 11.5 Å². The lowest BCUT2D eigenvalue weighted by molar-refractivity contribution is -0.0332. The van der Waals surface area contributed by atoms with Crippen molar-refractivity contribution < 1.29 is 102 Å². The first-order chi connectivity index (χ1) is 70.3. The van der Waals surface area contributed by atoms with Gasteiger partial charge in [0.2, 0.25) is 0 Å². The van der Waals surface area contributed by atoms with E-state index in [0.717, 1.165) is 25.6 Å². The second-order valence-corrected chi connectivity index (χ2v) is 49.9. The maximum absolute atomic E-state index is 12.2. The molecule has 150 heavy (non-hydrogen) atoms. The van der Waals surface area contributed by atoms with Gasteiger partial charge in [-0.25, -0.2) is 0 Å². The van der Waals surface area contributed by atoms with Gasteiger partial charge in [0.1, 0.15) is 6.23 Å². The number of aliphatic hydroxyl groups is 20. The Morgan fingerprint density at radius 1 is 0.180 bits per heavy atom. The minimum absolute atomic E-state index is 0.0556. The SMILES string of the molecule is CC(C)C.CCC(O)CCCC(O)CN(CCN(CC(O)CCCC(O)CC(C)C)CC(O)CCCC(O)CC(C)C)CC(O)CCCC(O)CN(CCN(CC(O)CCCC(O)CN(CCN(CC(O)CCCC(O)CC(C)C)CC(O)CCCC(O)N(CCN(C(C)C)C(C)C)C(C)C)CC(O)CCCC(O)C(C)C)CC(O)CCCC(O)CN(CCN(C(C)C)C(C)C)C(C)C)CC(O)CCCC(O)CC(C)C.NCCN. The van der Waals surface area contributed by atoms with Crippen molar-refractivity contribution in [2.75, 3.05) is 164 Å². The first-order valence-electron chi connectivity index (χ1n) is 60.7. The van der Waals surface area contributed by atoms with E-state index in [1.54, 1.807) is 0 Å². The van der Waals surface area contributed by atoms with Crippen LogP contribution in [0.2, 0.25) is 0 Å². The first-order valence-corrected chi connectivity index (χ1v) is 60.7. The summed E-state index contributed by atoms with van der Waals surface area (Å²) in [6.45, 7) is 64.4. The van der Waals surface area contributed by atoms with E-state index in [0.29, 0.717) is 332 Å². The molecule has 0 heterocycles. The van der Waals surface area contributed by atoms with Crippen LogP contribution in [0.3, 0.4) is 0 Å². The number of aliphatic hydroxyl groups excluding tert-OH is 20. The van der Waals surface area contributed by atoms with Gasteiger partial charge in [0.25, 0.3) is 0 Å². The minimum atomic E-state index is -0.921. The highest BCUT2D eigenvalue weighted by molar-refractivity contribution is 4.85. The molecule has 906 valence electrons. The van der Waals surface area contributed by atoms with Crippen LogP contribution in [0.5, 0.6) is 0 Å². The second kappa shape index (κ2) is 93.2. The van der Waals surface area contributed by atoms with Gasteiger partial charge in [0.05, 0.1) is 116 Å². The fourth-order valence-electron chi connectivity index (χ4n) is 20.6. The third kappa shape index (κ3) is 89.4. The minimum Gasteiger partial charge on any atom is -0.393 e. The summed E-state index contributed by atoms with van der Waals surface area (Å²) in [6.07, 6.45) is 3.51. The molecule has 32 nitrogen and oxygen atoms in total. The van der Waals surface area contributed by atoms with Crippen molar-refractivity contribution in [1.29, 1.82) is 0 Å². The molecule has 0 amide bonds. The van der Waals surface area contributed by atoms with Crippen molar-refractivity contribution in [3.8, 4) is 0 Å². The largest absolute Gasteiger partial charge is 0.393 e. The first kappa shape index (κ1) is 153. The number of nitrogens with two attached hydrogens (primary N) is 2. The molecule has 0 rings (SSSR count). The lowest BCUT2D eigenvalue weighted by Crippen LogP contribution is -2.48. The summed E-state index contributed by atoms with van der Waals surface area (Å²) in [5.41, 5.74) is 9.81. The molecule has 0 aliphatic heterocycles. The fraction of sp³-hybridized carbons (Fsp3) is 1.00. The summed E-state index contributed by atoms with van der Waals surface area (Å²) in [4.78, 5) is 21.5. The van der Waals surface area contributed by atoms with Gasteiger partial charge in [-0.3, -0.25) is 49.0 Å². The average molecular weight is 2160 g/mol. The summed E-state index contributed by atoms with van der Waals surface area (Å²) in [6, 6.07) is 1.75. The highest BCUT2D eigenvalue weighted by atomic mass is 16.3. The predicted octanol–water partition coefficient (Wildman–Crippen LogP) is 11.2. The Kier molecular flexibility index (Phi) is 95.0. The fourth-order valence-corrected chi connectivity index (χ4v) is 20.6. The standard InChI is InChI=1S/C112H236N10O20.C4H10.C2H8N2/c1-24-93(123)35-25-40-98(128)69-113(55-56-114(70-99(129)41-26-36-94(124)65-82(2)3)71-100(130)42-27-37-95(125)66-83(4)5)74-103(133)45-30-46-104(134)75-115(72-101(131)43-28-38-96(126)67-84(6)7)57-58-116(78-107(137)49-32-50-110(140)81-119(87(12)13)61-62-120(88(14)15)89(16)17)76-105(135)47-31-48-106(136)77-117(79-108(138)51-33-53-111(141)86(10)11)59-60-118(73-102(132)44-29-39-97(127)68-85(8)9)80-109(139)52-34-54-112(142)122(92(22)23)64-63-121(90(18)19)91(20)21;1-4(2)3;3-1-2-4/h82-112,123-142H,24-81H2,1-23H3;4H,1-3H3;1-4H2. The molecule has 32 heteroatoms. The Hall–Kier alpha value is -1.28. The lowest BCUT2D eigenvalue weighted by Gasteiger charge is -2.36. The zero-order valence-corrected chi connectivity index (χ0v) is 101. The van der Waals surface area contributed by atoms with Crippen molar-refractivity contribution in [2.24, 2.45) is 47.0 Å². The van der Waals surface area contributed by atoms with E-state index in [1.807, 2.05) is 50.2 Å². The molecular weight excluding hydrogens is 1910 g/mol. The predicted molar refractivity (Wildman–Crippen MR) is 621 cm³/mol. The summed E-state index contributed by atoms with van der Waals surface area (Å²) in [5, 5.41) is 230. The van der Waals surface area contributed by atoms with E-state index in [9.17, 15) is 102 Å². The summed E-state index contributed by atoms with van der Waals surface area (Å²) in [7, 11) is 0. The van der Waals surface area contributed by atoms with Crippen LogP contribution in [0.4, 0.5) is 0 Å². The second-order valence-electron chi connectivity index (χ2n) is 49.9. The topological polar surface area (TPSA) is 489 Å². The Morgan fingerprint density at radius 3 is 0.520 bits per heavy atom. The van der Waals surface area contributed by atoms with Crippen molar-refractivity contribution in [3.63, 3.8) is 0 Å². The molecule has 0 fully saturated rings. The van der Waals surface area contributed by atoms with Crippen LogP contribution >= 0.6 is 0 Å². The van der Waals surface area contributed by atoms with Crippen LogP contribution in [0.25, 0.3) is 0 Å². The molecule has 24 N–H and O–H groups in total. The van der Waals surface area contributed by atoms with Gasteiger partial charge in [0, 0.05) is 200 Å². The van der Waals surface area contributed by atoms with E-state index < -0.39 is 122 Å². The van der Waals surface area contributed by atoms with Crippen molar-refractivity contribution in [2.45, 2.75) is 563 Å². The molecule has 0 saturated carbocycles. The van der Waals surface area contributed by atoms with Gasteiger partial charge in [0.15, 0.2) is 0 Å². The molecule has 0 bridgehead atoms. The molecule has 0 radical (unpaired) electrons. The Bertz CT molecular complexity index is 2870. The zero-order chi connectivity index (χ0) is 115. The molecule has 0 aliphatic rings. The Balaban J connectivity index is -0.0000260. The van der Waals surface area contributed by atoms with E-state index in [2.05, 4.69) is 179 Å². The third-order valence-corrected chi connectivity index (χ3v) is 29.0. The number of nitrogens with zero attached hydrogens (tertiary/aromatic N) is 10. The summed E-state index contributed by atoms with van der Waals surface area (Å²) in [5.74, 6) is 2.18. The van der Waals surface area contributed by atoms with Gasteiger partial charge < -0.3 is 114 Å². The maximum atomic E-state index is 12.2. The Labute approximate surface area is 920 Å². The average Bonchev–Trinajstić information content (AvgIpc) is 0.900. The molecule has 0 aliphatic carbocycles. The van der Waals surface area contributed by atoms with Gasteiger partial charge in [-0.1, -0.05) is 96.9 Å². The maximum Gasteiger partial charge on any atom is 0.107 e. The molecule has 0 spiro atoms. The molecule has 0 aromatic heterocycles. The highest BCUT2D eigenvalue weighted by Gasteiger charge is 2.31. The normalized spacial score (nSPS) is 16.9. The molecule has 0 aromatic rings. The molecule has 0 aromatic carbocycles. The molecular formula is C118H254N12O20. The number of rotatable bonds is 99.